The van der Waals surface area contributed by atoms with Gasteiger partial charge in [0.25, 0.3) is 0 Å². The lowest BCUT2D eigenvalue weighted by molar-refractivity contribution is -0.117. The number of urea groups is 1. The van der Waals surface area contributed by atoms with E-state index in [1.807, 2.05) is 19.1 Å². The Balaban J connectivity index is 1.52. The number of rotatable bonds is 6. The van der Waals surface area contributed by atoms with Gasteiger partial charge in [-0.3, -0.25) is 4.79 Å². The highest BCUT2D eigenvalue weighted by molar-refractivity contribution is 5.96. The van der Waals surface area contributed by atoms with Crippen LogP contribution in [0.2, 0.25) is 0 Å². The van der Waals surface area contributed by atoms with Crippen molar-refractivity contribution in [3.63, 3.8) is 0 Å². The zero-order chi connectivity index (χ0) is 19.2. The summed E-state index contributed by atoms with van der Waals surface area (Å²) in [6.07, 6.45) is 0.340. The first-order valence-electron chi connectivity index (χ1n) is 8.89. The Bertz CT molecular complexity index is 810. The van der Waals surface area contributed by atoms with Crippen LogP contribution in [0.5, 0.6) is 5.75 Å². The van der Waals surface area contributed by atoms with E-state index in [0.717, 1.165) is 0 Å². The molecule has 7 heteroatoms. The molecule has 1 heterocycles. The molecular weight excluding hydrogens is 349 g/mol. The predicted molar refractivity (Wildman–Crippen MR) is 101 cm³/mol. The number of benzene rings is 2. The molecular formula is C20H22FN3O3. The number of hydrogen-bond donors (Lipinski definition) is 2. The maximum Gasteiger partial charge on any atom is 0.319 e. The Morgan fingerprint density at radius 3 is 2.70 bits per heavy atom. The average Bonchev–Trinajstić information content (AvgIpc) is 3.03. The molecule has 1 aliphatic rings. The van der Waals surface area contributed by atoms with Gasteiger partial charge in [0.1, 0.15) is 11.6 Å². The first-order valence-corrected chi connectivity index (χ1v) is 8.89. The molecule has 2 aromatic carbocycles. The van der Waals surface area contributed by atoms with Gasteiger partial charge < -0.3 is 20.3 Å². The number of carbonyl (C=O) groups is 2. The number of amides is 3. The van der Waals surface area contributed by atoms with Crippen molar-refractivity contribution in [3.8, 4) is 5.75 Å². The molecule has 1 aliphatic heterocycles. The van der Waals surface area contributed by atoms with Gasteiger partial charge in [-0.15, -0.1) is 0 Å². The highest BCUT2D eigenvalue weighted by Gasteiger charge is 2.30. The molecule has 1 fully saturated rings. The van der Waals surface area contributed by atoms with Crippen LogP contribution in [0, 0.1) is 11.7 Å². The van der Waals surface area contributed by atoms with Gasteiger partial charge in [0.2, 0.25) is 5.91 Å². The second kappa shape index (κ2) is 8.53. The van der Waals surface area contributed by atoms with Gasteiger partial charge in [-0.2, -0.15) is 0 Å². The Labute approximate surface area is 157 Å². The van der Waals surface area contributed by atoms with Gasteiger partial charge in [0, 0.05) is 31.1 Å². The number of nitrogens with one attached hydrogen (secondary N) is 2. The molecule has 27 heavy (non-hydrogen) atoms. The Hall–Kier alpha value is -3.09. The number of ether oxygens (including phenoxy) is 1. The standard InChI is InChI=1S/C20H22FN3O3/c1-2-27-18-6-4-3-5-17(18)23-20(26)22-12-14-11-19(25)24(13-14)16-9-7-15(21)8-10-16/h3-10,14H,2,11-13H2,1H3,(H2,22,23,26)/t14-/m1/s1. The number of halogens is 1. The first kappa shape index (κ1) is 18.7. The average molecular weight is 371 g/mol. The molecule has 0 spiro atoms. The van der Waals surface area contributed by atoms with Gasteiger partial charge in [-0.1, -0.05) is 12.1 Å². The van der Waals surface area contributed by atoms with E-state index in [0.29, 0.717) is 43.2 Å². The quantitative estimate of drug-likeness (QED) is 0.818. The zero-order valence-corrected chi connectivity index (χ0v) is 15.1. The molecule has 3 amide bonds. The number of nitrogens with zero attached hydrogens (tertiary/aromatic N) is 1. The van der Waals surface area contributed by atoms with E-state index in [9.17, 15) is 14.0 Å². The number of anilines is 2. The normalized spacial score (nSPS) is 16.3. The van der Waals surface area contributed by atoms with Crippen LogP contribution >= 0.6 is 0 Å². The fourth-order valence-corrected chi connectivity index (χ4v) is 3.04. The fourth-order valence-electron chi connectivity index (χ4n) is 3.04. The molecule has 142 valence electrons. The van der Waals surface area contributed by atoms with Crippen molar-refractivity contribution in [2.24, 2.45) is 5.92 Å². The topological polar surface area (TPSA) is 70.7 Å². The maximum absolute atomic E-state index is 13.0. The summed E-state index contributed by atoms with van der Waals surface area (Å²) in [6, 6.07) is 12.7. The van der Waals surface area contributed by atoms with Crippen LogP contribution in [-0.2, 0) is 4.79 Å². The lowest BCUT2D eigenvalue weighted by atomic mass is 10.1. The summed E-state index contributed by atoms with van der Waals surface area (Å²) < 4.78 is 18.5. The minimum absolute atomic E-state index is 0.00422. The molecule has 3 rings (SSSR count). The summed E-state index contributed by atoms with van der Waals surface area (Å²) in [4.78, 5) is 26.0. The molecule has 6 nitrogen and oxygen atoms in total. The van der Waals surface area contributed by atoms with E-state index in [2.05, 4.69) is 10.6 Å². The van der Waals surface area contributed by atoms with E-state index in [-0.39, 0.29) is 23.7 Å². The maximum atomic E-state index is 13.0. The molecule has 0 saturated carbocycles. The van der Waals surface area contributed by atoms with Crippen LogP contribution in [0.3, 0.4) is 0 Å². The lowest BCUT2D eigenvalue weighted by Gasteiger charge is -2.17. The number of para-hydroxylation sites is 2. The van der Waals surface area contributed by atoms with Crippen LogP contribution in [0.1, 0.15) is 13.3 Å². The third kappa shape index (κ3) is 4.75. The smallest absolute Gasteiger partial charge is 0.319 e. The molecule has 0 aromatic heterocycles. The van der Waals surface area contributed by atoms with Crippen molar-refractivity contribution in [1.82, 2.24) is 5.32 Å². The van der Waals surface area contributed by atoms with E-state index >= 15 is 0 Å². The van der Waals surface area contributed by atoms with Gasteiger partial charge in [0.05, 0.1) is 12.3 Å². The molecule has 0 unspecified atom stereocenters. The summed E-state index contributed by atoms with van der Waals surface area (Å²) in [6.45, 7) is 3.23. The lowest BCUT2D eigenvalue weighted by Crippen LogP contribution is -2.34. The molecule has 2 N–H and O–H groups in total. The van der Waals surface area contributed by atoms with E-state index < -0.39 is 0 Å². The molecule has 1 atom stereocenters. The summed E-state index contributed by atoms with van der Waals surface area (Å²) in [5.41, 5.74) is 1.26. The van der Waals surface area contributed by atoms with Crippen LogP contribution in [0.15, 0.2) is 48.5 Å². The highest BCUT2D eigenvalue weighted by Crippen LogP contribution is 2.25. The first-order chi connectivity index (χ1) is 13.1. The summed E-state index contributed by atoms with van der Waals surface area (Å²) in [5, 5.41) is 5.56. The molecule has 1 saturated heterocycles. The summed E-state index contributed by atoms with van der Waals surface area (Å²) in [5.74, 6) is 0.229. The Morgan fingerprint density at radius 1 is 1.22 bits per heavy atom. The number of hydrogen-bond acceptors (Lipinski definition) is 3. The van der Waals surface area contributed by atoms with E-state index in [1.165, 1.54) is 12.1 Å². The summed E-state index contributed by atoms with van der Waals surface area (Å²) >= 11 is 0. The van der Waals surface area contributed by atoms with Gasteiger partial charge >= 0.3 is 6.03 Å². The largest absolute Gasteiger partial charge is 0.492 e. The third-order valence-electron chi connectivity index (χ3n) is 4.33. The summed E-state index contributed by atoms with van der Waals surface area (Å²) in [7, 11) is 0. The van der Waals surface area contributed by atoms with Crippen molar-refractivity contribution < 1.29 is 18.7 Å². The van der Waals surface area contributed by atoms with Crippen molar-refractivity contribution in [2.45, 2.75) is 13.3 Å². The van der Waals surface area contributed by atoms with E-state index in [4.69, 9.17) is 4.74 Å². The van der Waals surface area contributed by atoms with Crippen molar-refractivity contribution in [2.75, 3.05) is 29.9 Å². The van der Waals surface area contributed by atoms with Crippen molar-refractivity contribution in [1.29, 1.82) is 0 Å². The predicted octanol–water partition coefficient (Wildman–Crippen LogP) is 3.40. The van der Waals surface area contributed by atoms with E-state index in [1.54, 1.807) is 29.2 Å². The number of carbonyl (C=O) groups excluding carboxylic acids is 2. The van der Waals surface area contributed by atoms with Crippen molar-refractivity contribution in [3.05, 3.63) is 54.3 Å². The molecule has 0 aliphatic carbocycles. The van der Waals surface area contributed by atoms with Crippen LogP contribution in [0.25, 0.3) is 0 Å². The second-order valence-corrected chi connectivity index (χ2v) is 6.32. The third-order valence-corrected chi connectivity index (χ3v) is 4.33. The zero-order valence-electron chi connectivity index (χ0n) is 15.1. The van der Waals surface area contributed by atoms with Crippen molar-refractivity contribution >= 4 is 23.3 Å². The molecule has 0 radical (unpaired) electrons. The Kier molecular flexibility index (Phi) is 5.90. The SMILES string of the molecule is CCOc1ccccc1NC(=O)NC[C@H]1CC(=O)N(c2ccc(F)cc2)C1. The van der Waals surface area contributed by atoms with Gasteiger partial charge in [0.15, 0.2) is 0 Å². The molecule has 2 aromatic rings. The van der Waals surface area contributed by atoms with Gasteiger partial charge in [-0.25, -0.2) is 9.18 Å². The monoisotopic (exact) mass is 371 g/mol. The van der Waals surface area contributed by atoms with Crippen LogP contribution in [0.4, 0.5) is 20.6 Å². The van der Waals surface area contributed by atoms with Crippen LogP contribution < -0.4 is 20.3 Å². The van der Waals surface area contributed by atoms with Crippen LogP contribution in [-0.4, -0.2) is 31.6 Å². The highest BCUT2D eigenvalue weighted by atomic mass is 19.1. The molecule has 0 bridgehead atoms. The minimum Gasteiger partial charge on any atom is -0.492 e. The van der Waals surface area contributed by atoms with Gasteiger partial charge in [-0.05, 0) is 43.3 Å². The fraction of sp³-hybridized carbons (Fsp3) is 0.300. The minimum atomic E-state index is -0.352. The second-order valence-electron chi connectivity index (χ2n) is 6.32. The Morgan fingerprint density at radius 2 is 1.96 bits per heavy atom.